The molecule has 0 atom stereocenters. The molecule has 0 aromatic heterocycles. The van der Waals surface area contributed by atoms with E-state index in [2.05, 4.69) is 10.2 Å². The molecule has 1 aromatic carbocycles. The number of nitrogens with zero attached hydrogens (tertiary/aromatic N) is 2. The van der Waals surface area contributed by atoms with E-state index in [1.807, 2.05) is 29.2 Å². The predicted octanol–water partition coefficient (Wildman–Crippen LogP) is 1.99. The third-order valence-electron chi connectivity index (χ3n) is 4.47. The number of halogens is 1. The highest BCUT2D eigenvalue weighted by Crippen LogP contribution is 2.26. The fourth-order valence-corrected chi connectivity index (χ4v) is 3.46. The number of rotatable bonds is 2. The topological polar surface area (TPSA) is 35.6 Å². The Kier molecular flexibility index (Phi) is 4.66. The lowest BCUT2D eigenvalue weighted by atomic mass is 9.96. The van der Waals surface area contributed by atoms with Crippen LogP contribution in [0.3, 0.4) is 0 Å². The van der Waals surface area contributed by atoms with E-state index in [1.165, 1.54) is 0 Å². The number of piperazine rings is 1. The summed E-state index contributed by atoms with van der Waals surface area (Å²) >= 11 is 6.25. The smallest absolute Gasteiger partial charge is 0.225 e. The number of benzene rings is 1. The van der Waals surface area contributed by atoms with Gasteiger partial charge in [0.15, 0.2) is 0 Å². The molecule has 2 aliphatic rings. The molecule has 0 spiro atoms. The fourth-order valence-electron chi connectivity index (χ4n) is 3.20. The van der Waals surface area contributed by atoms with Crippen molar-refractivity contribution in [2.24, 2.45) is 5.92 Å². The molecule has 2 aliphatic heterocycles. The van der Waals surface area contributed by atoms with Crippen molar-refractivity contribution >= 4 is 23.2 Å². The molecule has 1 amide bonds. The second-order valence-corrected chi connectivity index (χ2v) is 6.20. The summed E-state index contributed by atoms with van der Waals surface area (Å²) in [6.07, 6.45) is 1.95. The Bertz CT molecular complexity index is 494. The molecule has 0 aliphatic carbocycles. The molecule has 0 unspecified atom stereocenters. The number of anilines is 1. The van der Waals surface area contributed by atoms with Gasteiger partial charge in [0, 0.05) is 32.1 Å². The summed E-state index contributed by atoms with van der Waals surface area (Å²) in [4.78, 5) is 16.8. The van der Waals surface area contributed by atoms with Crippen LogP contribution in [-0.2, 0) is 4.79 Å². The molecular formula is C16H22ClN3O. The molecule has 5 heteroatoms. The van der Waals surface area contributed by atoms with Crippen LogP contribution in [0.15, 0.2) is 24.3 Å². The van der Waals surface area contributed by atoms with Gasteiger partial charge in [-0.3, -0.25) is 4.79 Å². The van der Waals surface area contributed by atoms with Gasteiger partial charge in [0.1, 0.15) is 0 Å². The first-order chi connectivity index (χ1) is 10.3. The summed E-state index contributed by atoms with van der Waals surface area (Å²) in [5.41, 5.74) is 1.08. The quantitative estimate of drug-likeness (QED) is 0.907. The van der Waals surface area contributed by atoms with Crippen LogP contribution in [0.1, 0.15) is 12.8 Å². The summed E-state index contributed by atoms with van der Waals surface area (Å²) in [5.74, 6) is 0.563. The number of hydrogen-bond acceptors (Lipinski definition) is 3. The monoisotopic (exact) mass is 307 g/mol. The maximum Gasteiger partial charge on any atom is 0.225 e. The first-order valence-electron chi connectivity index (χ1n) is 7.74. The number of nitrogens with one attached hydrogen (secondary N) is 1. The normalized spacial score (nSPS) is 20.6. The van der Waals surface area contributed by atoms with Crippen LogP contribution in [0.2, 0.25) is 5.02 Å². The highest BCUT2D eigenvalue weighted by atomic mass is 35.5. The Balaban J connectivity index is 1.57. The first kappa shape index (κ1) is 14.7. The van der Waals surface area contributed by atoms with Crippen molar-refractivity contribution in [2.75, 3.05) is 44.2 Å². The highest BCUT2D eigenvalue weighted by Gasteiger charge is 2.28. The Morgan fingerprint density at radius 3 is 2.43 bits per heavy atom. The average molecular weight is 308 g/mol. The van der Waals surface area contributed by atoms with Gasteiger partial charge in [0.25, 0.3) is 0 Å². The Labute approximate surface area is 131 Å². The standard InChI is InChI=1S/C16H22ClN3O/c17-14-3-1-2-4-15(14)19-9-11-20(12-10-19)16(21)13-5-7-18-8-6-13/h1-4,13,18H,5-12H2. The van der Waals surface area contributed by atoms with E-state index in [0.29, 0.717) is 5.91 Å². The molecule has 21 heavy (non-hydrogen) atoms. The van der Waals surface area contributed by atoms with Crippen LogP contribution in [-0.4, -0.2) is 50.1 Å². The van der Waals surface area contributed by atoms with Crippen molar-refractivity contribution < 1.29 is 4.79 Å². The molecular weight excluding hydrogens is 286 g/mol. The van der Waals surface area contributed by atoms with E-state index in [4.69, 9.17) is 11.6 Å². The molecule has 4 nitrogen and oxygen atoms in total. The van der Waals surface area contributed by atoms with E-state index in [9.17, 15) is 4.79 Å². The van der Waals surface area contributed by atoms with E-state index in [-0.39, 0.29) is 5.92 Å². The van der Waals surface area contributed by atoms with Gasteiger partial charge in [-0.15, -0.1) is 0 Å². The first-order valence-corrected chi connectivity index (χ1v) is 8.12. The lowest BCUT2D eigenvalue weighted by molar-refractivity contribution is -0.136. The van der Waals surface area contributed by atoms with Gasteiger partial charge in [0.2, 0.25) is 5.91 Å². The van der Waals surface area contributed by atoms with Crippen LogP contribution in [0.25, 0.3) is 0 Å². The van der Waals surface area contributed by atoms with Crippen LogP contribution >= 0.6 is 11.6 Å². The molecule has 2 fully saturated rings. The number of hydrogen-bond donors (Lipinski definition) is 1. The number of para-hydroxylation sites is 1. The zero-order valence-corrected chi connectivity index (χ0v) is 13.0. The number of piperidine rings is 1. The Morgan fingerprint density at radius 1 is 1.10 bits per heavy atom. The summed E-state index contributed by atoms with van der Waals surface area (Å²) in [7, 11) is 0. The minimum atomic E-state index is 0.220. The van der Waals surface area contributed by atoms with Gasteiger partial charge in [-0.1, -0.05) is 23.7 Å². The minimum absolute atomic E-state index is 0.220. The van der Waals surface area contributed by atoms with Crippen molar-refractivity contribution in [3.05, 3.63) is 29.3 Å². The second-order valence-electron chi connectivity index (χ2n) is 5.79. The van der Waals surface area contributed by atoms with Gasteiger partial charge in [-0.25, -0.2) is 0 Å². The second kappa shape index (κ2) is 6.67. The van der Waals surface area contributed by atoms with Crippen LogP contribution in [0.4, 0.5) is 5.69 Å². The molecule has 3 rings (SSSR count). The van der Waals surface area contributed by atoms with Crippen molar-refractivity contribution in [3.8, 4) is 0 Å². The third kappa shape index (κ3) is 3.33. The van der Waals surface area contributed by atoms with Crippen LogP contribution in [0.5, 0.6) is 0 Å². The van der Waals surface area contributed by atoms with Gasteiger partial charge >= 0.3 is 0 Å². The van der Waals surface area contributed by atoms with Crippen molar-refractivity contribution in [2.45, 2.75) is 12.8 Å². The minimum Gasteiger partial charge on any atom is -0.367 e. The van der Waals surface area contributed by atoms with Crippen LogP contribution in [0, 0.1) is 5.92 Å². The maximum atomic E-state index is 12.5. The molecule has 0 radical (unpaired) electrons. The fraction of sp³-hybridized carbons (Fsp3) is 0.562. The number of amides is 1. The number of carbonyl (C=O) groups excluding carboxylic acids is 1. The number of carbonyl (C=O) groups is 1. The van der Waals surface area contributed by atoms with Gasteiger partial charge in [-0.05, 0) is 38.1 Å². The molecule has 114 valence electrons. The lowest BCUT2D eigenvalue weighted by Gasteiger charge is -2.38. The molecule has 1 N–H and O–H groups in total. The highest BCUT2D eigenvalue weighted by molar-refractivity contribution is 6.33. The lowest BCUT2D eigenvalue weighted by Crippen LogP contribution is -2.51. The van der Waals surface area contributed by atoms with Gasteiger partial charge in [-0.2, -0.15) is 0 Å². The Morgan fingerprint density at radius 2 is 1.76 bits per heavy atom. The van der Waals surface area contributed by atoms with E-state index >= 15 is 0 Å². The summed E-state index contributed by atoms with van der Waals surface area (Å²) < 4.78 is 0. The molecule has 0 bridgehead atoms. The SMILES string of the molecule is O=C(C1CCNCC1)N1CCN(c2ccccc2Cl)CC1. The van der Waals surface area contributed by atoms with E-state index in [1.54, 1.807) is 0 Å². The molecule has 1 aromatic rings. The summed E-state index contributed by atoms with van der Waals surface area (Å²) in [5, 5.41) is 4.10. The zero-order valence-electron chi connectivity index (χ0n) is 12.2. The van der Waals surface area contributed by atoms with Gasteiger partial charge in [0.05, 0.1) is 10.7 Å². The van der Waals surface area contributed by atoms with Crippen molar-refractivity contribution in [3.63, 3.8) is 0 Å². The predicted molar refractivity (Wildman–Crippen MR) is 85.8 cm³/mol. The Hall–Kier alpha value is -1.26. The van der Waals surface area contributed by atoms with E-state index in [0.717, 1.165) is 62.8 Å². The molecule has 2 saturated heterocycles. The molecule has 0 saturated carbocycles. The van der Waals surface area contributed by atoms with Crippen molar-refractivity contribution in [1.82, 2.24) is 10.2 Å². The maximum absolute atomic E-state index is 12.5. The largest absolute Gasteiger partial charge is 0.367 e. The summed E-state index contributed by atoms with van der Waals surface area (Å²) in [6, 6.07) is 7.92. The third-order valence-corrected chi connectivity index (χ3v) is 4.79. The summed E-state index contributed by atoms with van der Waals surface area (Å²) in [6.45, 7) is 5.26. The average Bonchev–Trinajstić information content (AvgIpc) is 2.56. The van der Waals surface area contributed by atoms with Gasteiger partial charge < -0.3 is 15.1 Å². The van der Waals surface area contributed by atoms with Crippen LogP contribution < -0.4 is 10.2 Å². The van der Waals surface area contributed by atoms with Crippen molar-refractivity contribution in [1.29, 1.82) is 0 Å². The van der Waals surface area contributed by atoms with E-state index < -0.39 is 0 Å². The molecule has 2 heterocycles. The zero-order chi connectivity index (χ0) is 14.7.